The van der Waals surface area contributed by atoms with Crippen LogP contribution in [0.5, 0.6) is 0 Å². The molecule has 1 atom stereocenters. The van der Waals surface area contributed by atoms with Gasteiger partial charge in [-0.15, -0.1) is 0 Å². The molecule has 5 nitrogen and oxygen atoms in total. The van der Waals surface area contributed by atoms with E-state index < -0.39 is 6.10 Å². The van der Waals surface area contributed by atoms with E-state index >= 15 is 0 Å². The van der Waals surface area contributed by atoms with Crippen LogP contribution in [-0.2, 0) is 23.8 Å². The molecule has 0 aromatic rings. The summed E-state index contributed by atoms with van der Waals surface area (Å²) in [7, 11) is 0. The van der Waals surface area contributed by atoms with Gasteiger partial charge in [0.1, 0.15) is 6.61 Å². The zero-order valence-corrected chi connectivity index (χ0v) is 38.6. The SMILES string of the molecule is CC/C=C\C/C=C\C/C=C\C/C=C\C/C=C\CCCC(=O)OCC(COCCCCCCCCCCCCCCCCCC)OC(=O)CCCCCCCCCCC. The molecule has 0 spiro atoms. The Kier molecular flexibility index (Phi) is 46.9. The van der Waals surface area contributed by atoms with Gasteiger partial charge in [-0.3, -0.25) is 9.59 Å². The van der Waals surface area contributed by atoms with Crippen LogP contribution in [0.15, 0.2) is 60.8 Å². The van der Waals surface area contributed by atoms with Crippen LogP contribution in [0, 0.1) is 0 Å². The first-order valence-electron chi connectivity index (χ1n) is 24.8. The van der Waals surface area contributed by atoms with Gasteiger partial charge in [-0.25, -0.2) is 0 Å². The Morgan fingerprint density at radius 1 is 0.397 bits per heavy atom. The zero-order valence-electron chi connectivity index (χ0n) is 38.6. The molecule has 0 amide bonds. The van der Waals surface area contributed by atoms with Gasteiger partial charge in [0.15, 0.2) is 6.10 Å². The Labute approximate surface area is 360 Å². The average Bonchev–Trinajstić information content (AvgIpc) is 3.22. The minimum atomic E-state index is -0.554. The first-order chi connectivity index (χ1) is 28.6. The van der Waals surface area contributed by atoms with E-state index in [4.69, 9.17) is 14.2 Å². The maximum atomic E-state index is 12.7. The molecule has 0 aliphatic rings. The van der Waals surface area contributed by atoms with Gasteiger partial charge in [-0.2, -0.15) is 0 Å². The first-order valence-corrected chi connectivity index (χ1v) is 24.8. The van der Waals surface area contributed by atoms with Crippen molar-refractivity contribution in [3.8, 4) is 0 Å². The fourth-order valence-corrected chi connectivity index (χ4v) is 6.90. The Hall–Kier alpha value is -2.40. The molecule has 0 fully saturated rings. The molecule has 336 valence electrons. The minimum Gasteiger partial charge on any atom is -0.462 e. The number of rotatable bonds is 45. The lowest BCUT2D eigenvalue weighted by molar-refractivity contribution is -0.163. The average molecular weight is 811 g/mol. The second-order valence-electron chi connectivity index (χ2n) is 16.4. The lowest BCUT2D eigenvalue weighted by Crippen LogP contribution is -2.30. The van der Waals surface area contributed by atoms with Crippen molar-refractivity contribution in [2.24, 2.45) is 0 Å². The van der Waals surface area contributed by atoms with E-state index in [9.17, 15) is 9.59 Å². The van der Waals surface area contributed by atoms with Crippen LogP contribution >= 0.6 is 0 Å². The molecule has 0 heterocycles. The summed E-state index contributed by atoms with van der Waals surface area (Å²) < 4.78 is 17.3. The Morgan fingerprint density at radius 3 is 1.22 bits per heavy atom. The summed E-state index contributed by atoms with van der Waals surface area (Å²) in [6.07, 6.45) is 60.9. The standard InChI is InChI=1S/C53H94O5/c1-4-7-10-13-16-19-21-23-25-27-28-30-32-35-37-40-43-46-52(54)57-50-51(58-53(55)47-44-41-38-34-18-15-12-9-6-3)49-56-48-45-42-39-36-33-31-29-26-24-22-20-17-14-11-8-5-2/h7,10,16,19,23,25,28,30,35,37,51H,4-6,8-9,11-15,17-18,20-22,24,26-27,29,31-34,36,38-50H2,1-3H3/b10-7-,19-16-,25-23-,30-28-,37-35-. The van der Waals surface area contributed by atoms with E-state index in [1.54, 1.807) is 0 Å². The molecular weight excluding hydrogens is 717 g/mol. The van der Waals surface area contributed by atoms with Gasteiger partial charge in [0.05, 0.1) is 6.61 Å². The molecule has 58 heavy (non-hydrogen) atoms. The van der Waals surface area contributed by atoms with Crippen LogP contribution < -0.4 is 0 Å². The van der Waals surface area contributed by atoms with Crippen molar-refractivity contribution in [1.29, 1.82) is 0 Å². The van der Waals surface area contributed by atoms with E-state index in [-0.39, 0.29) is 25.2 Å². The Bertz CT molecular complexity index is 1010. The molecule has 0 bridgehead atoms. The summed E-state index contributed by atoms with van der Waals surface area (Å²) in [5, 5.41) is 0. The minimum absolute atomic E-state index is 0.0585. The fraction of sp³-hybridized carbons (Fsp3) is 0.774. The van der Waals surface area contributed by atoms with E-state index in [1.807, 2.05) is 0 Å². The number of hydrogen-bond donors (Lipinski definition) is 0. The fourth-order valence-electron chi connectivity index (χ4n) is 6.90. The summed E-state index contributed by atoms with van der Waals surface area (Å²) in [5.41, 5.74) is 0. The molecule has 1 unspecified atom stereocenters. The van der Waals surface area contributed by atoms with E-state index in [0.29, 0.717) is 19.4 Å². The molecule has 0 N–H and O–H groups in total. The van der Waals surface area contributed by atoms with Crippen LogP contribution in [-0.4, -0.2) is 37.9 Å². The second kappa shape index (κ2) is 49.0. The Balaban J connectivity index is 4.27. The van der Waals surface area contributed by atoms with Gasteiger partial charge in [0, 0.05) is 19.4 Å². The van der Waals surface area contributed by atoms with Gasteiger partial charge >= 0.3 is 11.9 Å². The monoisotopic (exact) mass is 811 g/mol. The van der Waals surface area contributed by atoms with E-state index in [0.717, 1.165) is 70.6 Å². The summed E-state index contributed by atoms with van der Waals surface area (Å²) in [6.45, 7) is 7.66. The predicted molar refractivity (Wildman–Crippen MR) is 251 cm³/mol. The van der Waals surface area contributed by atoms with Crippen LogP contribution in [0.3, 0.4) is 0 Å². The second-order valence-corrected chi connectivity index (χ2v) is 16.4. The number of unbranched alkanes of at least 4 members (excludes halogenated alkanes) is 24. The van der Waals surface area contributed by atoms with Gasteiger partial charge < -0.3 is 14.2 Å². The largest absolute Gasteiger partial charge is 0.462 e. The quantitative estimate of drug-likeness (QED) is 0.0348. The van der Waals surface area contributed by atoms with Crippen molar-refractivity contribution >= 4 is 11.9 Å². The molecule has 0 aromatic heterocycles. The van der Waals surface area contributed by atoms with Crippen molar-refractivity contribution in [1.82, 2.24) is 0 Å². The predicted octanol–water partition coefficient (Wildman–Crippen LogP) is 16.6. The molecular formula is C53H94O5. The lowest BCUT2D eigenvalue weighted by atomic mass is 10.0. The van der Waals surface area contributed by atoms with Crippen molar-refractivity contribution in [3.05, 3.63) is 60.8 Å². The zero-order chi connectivity index (χ0) is 42.1. The molecule has 0 saturated heterocycles. The number of carbonyl (C=O) groups is 2. The molecule has 0 rings (SSSR count). The van der Waals surface area contributed by atoms with Crippen molar-refractivity contribution in [3.63, 3.8) is 0 Å². The molecule has 0 saturated carbocycles. The van der Waals surface area contributed by atoms with Crippen LogP contribution in [0.2, 0.25) is 0 Å². The Morgan fingerprint density at radius 2 is 0.776 bits per heavy atom. The van der Waals surface area contributed by atoms with Gasteiger partial charge in [0.2, 0.25) is 0 Å². The third-order valence-corrected chi connectivity index (χ3v) is 10.6. The smallest absolute Gasteiger partial charge is 0.306 e. The van der Waals surface area contributed by atoms with Crippen LogP contribution in [0.1, 0.15) is 239 Å². The molecule has 0 radical (unpaired) electrons. The molecule has 0 aliphatic carbocycles. The first kappa shape index (κ1) is 55.6. The summed E-state index contributed by atoms with van der Waals surface area (Å²) in [6, 6.07) is 0. The molecule has 0 aliphatic heterocycles. The number of esters is 2. The maximum Gasteiger partial charge on any atom is 0.306 e. The lowest BCUT2D eigenvalue weighted by Gasteiger charge is -2.18. The summed E-state index contributed by atoms with van der Waals surface area (Å²) in [5.74, 6) is -0.460. The summed E-state index contributed by atoms with van der Waals surface area (Å²) in [4.78, 5) is 25.2. The molecule has 5 heteroatoms. The highest BCUT2D eigenvalue weighted by Gasteiger charge is 2.17. The maximum absolute atomic E-state index is 12.7. The van der Waals surface area contributed by atoms with Crippen LogP contribution in [0.25, 0.3) is 0 Å². The highest BCUT2D eigenvalue weighted by molar-refractivity contribution is 5.70. The molecule has 0 aromatic carbocycles. The highest BCUT2D eigenvalue weighted by atomic mass is 16.6. The van der Waals surface area contributed by atoms with Gasteiger partial charge in [-0.05, 0) is 57.8 Å². The van der Waals surface area contributed by atoms with E-state index in [2.05, 4.69) is 81.5 Å². The number of ether oxygens (including phenoxy) is 3. The highest BCUT2D eigenvalue weighted by Crippen LogP contribution is 2.15. The van der Waals surface area contributed by atoms with Crippen molar-refractivity contribution in [2.75, 3.05) is 19.8 Å². The topological polar surface area (TPSA) is 61.8 Å². The van der Waals surface area contributed by atoms with Gasteiger partial charge in [-0.1, -0.05) is 229 Å². The van der Waals surface area contributed by atoms with E-state index in [1.165, 1.54) is 135 Å². The van der Waals surface area contributed by atoms with Crippen molar-refractivity contribution in [2.45, 2.75) is 245 Å². The third-order valence-electron chi connectivity index (χ3n) is 10.6. The third kappa shape index (κ3) is 46.3. The summed E-state index contributed by atoms with van der Waals surface area (Å²) >= 11 is 0. The number of carbonyl (C=O) groups excluding carboxylic acids is 2. The van der Waals surface area contributed by atoms with Crippen molar-refractivity contribution < 1.29 is 23.8 Å². The number of allylic oxidation sites excluding steroid dienone is 10. The van der Waals surface area contributed by atoms with Gasteiger partial charge in [0.25, 0.3) is 0 Å². The van der Waals surface area contributed by atoms with Crippen LogP contribution in [0.4, 0.5) is 0 Å². The normalized spacial score (nSPS) is 12.7. The number of hydrogen-bond acceptors (Lipinski definition) is 5.